The molecule has 0 atom stereocenters. The van der Waals surface area contributed by atoms with Crippen LogP contribution in [-0.2, 0) is 4.79 Å². The number of aryl methyl sites for hydroxylation is 2. The Bertz CT molecular complexity index is 691. The molecule has 1 aliphatic rings. The van der Waals surface area contributed by atoms with Gasteiger partial charge in [-0.2, -0.15) is 0 Å². The number of amides is 1. The summed E-state index contributed by atoms with van der Waals surface area (Å²) in [6.45, 7) is 8.59. The molecule has 0 bridgehead atoms. The topological polar surface area (TPSA) is 36.8 Å². The average molecular weight is 324 g/mol. The number of carbonyl (C=O) groups excluding carboxylic acids is 1. The molecule has 0 spiro atoms. The molecule has 1 fully saturated rings. The van der Waals surface area contributed by atoms with Gasteiger partial charge in [-0.1, -0.05) is 30.3 Å². The van der Waals surface area contributed by atoms with Gasteiger partial charge >= 0.3 is 0 Å². The first-order chi connectivity index (χ1) is 11.6. The van der Waals surface area contributed by atoms with Crippen LogP contribution in [0.2, 0.25) is 0 Å². The van der Waals surface area contributed by atoms with Crippen LogP contribution in [-0.4, -0.2) is 38.6 Å². The summed E-state index contributed by atoms with van der Waals surface area (Å²) >= 11 is 0. The van der Waals surface area contributed by atoms with E-state index in [9.17, 15) is 4.79 Å². The molecule has 1 saturated heterocycles. The number of nitrogens with one attached hydrogen (secondary N) is 2. The van der Waals surface area contributed by atoms with Crippen LogP contribution in [0.3, 0.4) is 0 Å². The summed E-state index contributed by atoms with van der Waals surface area (Å²) in [5, 5.41) is 3.07. The van der Waals surface area contributed by atoms with E-state index in [1.807, 2.05) is 26.0 Å². The Hall–Kier alpha value is -2.33. The lowest BCUT2D eigenvalue weighted by Crippen LogP contribution is -3.15. The van der Waals surface area contributed by atoms with Gasteiger partial charge in [0.25, 0.3) is 5.91 Å². The van der Waals surface area contributed by atoms with Crippen LogP contribution in [0.15, 0.2) is 48.5 Å². The number of hydrogen-bond acceptors (Lipinski definition) is 2. The minimum Gasteiger partial charge on any atom is -0.360 e. The van der Waals surface area contributed by atoms with Crippen molar-refractivity contribution in [3.8, 4) is 0 Å². The maximum absolute atomic E-state index is 12.4. The molecule has 126 valence electrons. The second-order valence-corrected chi connectivity index (χ2v) is 6.62. The first kappa shape index (κ1) is 16.5. The van der Waals surface area contributed by atoms with Crippen molar-refractivity contribution in [2.24, 2.45) is 0 Å². The van der Waals surface area contributed by atoms with Crippen molar-refractivity contribution in [1.29, 1.82) is 0 Å². The summed E-state index contributed by atoms with van der Waals surface area (Å²) in [7, 11) is 0. The molecule has 0 aliphatic carbocycles. The highest BCUT2D eigenvalue weighted by Gasteiger charge is 2.22. The zero-order valence-corrected chi connectivity index (χ0v) is 14.5. The monoisotopic (exact) mass is 324 g/mol. The lowest BCUT2D eigenvalue weighted by atomic mass is 10.1. The summed E-state index contributed by atoms with van der Waals surface area (Å²) in [6, 6.07) is 16.7. The van der Waals surface area contributed by atoms with E-state index in [0.29, 0.717) is 6.54 Å². The summed E-state index contributed by atoms with van der Waals surface area (Å²) in [5.74, 6) is 0.104. The van der Waals surface area contributed by atoms with Gasteiger partial charge in [-0.05, 0) is 43.2 Å². The molecule has 4 nitrogen and oxygen atoms in total. The van der Waals surface area contributed by atoms with Gasteiger partial charge in [0, 0.05) is 11.4 Å². The molecule has 1 amide bonds. The van der Waals surface area contributed by atoms with E-state index in [1.165, 1.54) is 16.2 Å². The first-order valence-corrected chi connectivity index (χ1v) is 8.62. The Morgan fingerprint density at radius 3 is 2.50 bits per heavy atom. The molecular weight excluding hydrogens is 298 g/mol. The second-order valence-electron chi connectivity index (χ2n) is 6.62. The Morgan fingerprint density at radius 1 is 1.08 bits per heavy atom. The van der Waals surface area contributed by atoms with Crippen molar-refractivity contribution in [1.82, 2.24) is 0 Å². The molecule has 1 aliphatic heterocycles. The summed E-state index contributed by atoms with van der Waals surface area (Å²) in [4.78, 5) is 16.1. The number of hydrogen-bond donors (Lipinski definition) is 2. The van der Waals surface area contributed by atoms with Gasteiger partial charge in [0.1, 0.15) is 0 Å². The van der Waals surface area contributed by atoms with Crippen LogP contribution in [0.25, 0.3) is 0 Å². The lowest BCUT2D eigenvalue weighted by Gasteiger charge is -2.33. The van der Waals surface area contributed by atoms with Gasteiger partial charge in [-0.25, -0.2) is 0 Å². The summed E-state index contributed by atoms with van der Waals surface area (Å²) < 4.78 is 0. The van der Waals surface area contributed by atoms with Crippen LogP contribution >= 0.6 is 0 Å². The van der Waals surface area contributed by atoms with Gasteiger partial charge in [0.2, 0.25) is 0 Å². The number of anilines is 2. The first-order valence-electron chi connectivity index (χ1n) is 8.62. The normalized spacial score (nSPS) is 15.3. The van der Waals surface area contributed by atoms with Crippen LogP contribution in [0.1, 0.15) is 11.1 Å². The predicted octanol–water partition coefficient (Wildman–Crippen LogP) is 1.65. The number of nitrogens with zero attached hydrogens (tertiary/aromatic N) is 1. The molecule has 0 saturated carbocycles. The highest BCUT2D eigenvalue weighted by atomic mass is 16.2. The van der Waals surface area contributed by atoms with Crippen molar-refractivity contribution in [2.45, 2.75) is 13.8 Å². The van der Waals surface area contributed by atoms with E-state index in [-0.39, 0.29) is 5.91 Å². The lowest BCUT2D eigenvalue weighted by molar-refractivity contribution is -0.892. The fraction of sp³-hybridized carbons (Fsp3) is 0.350. The number of piperazine rings is 1. The molecule has 24 heavy (non-hydrogen) atoms. The molecule has 0 aromatic heterocycles. The van der Waals surface area contributed by atoms with Crippen molar-refractivity contribution in [3.63, 3.8) is 0 Å². The summed E-state index contributed by atoms with van der Waals surface area (Å²) in [6.07, 6.45) is 0. The number of para-hydroxylation sites is 1. The van der Waals surface area contributed by atoms with Gasteiger partial charge in [-0.3, -0.25) is 4.79 Å². The SMILES string of the molecule is Cc1ccc(C)c(NC(=O)C[NH+]2CCN(c3ccccc3)CC2)c1. The molecule has 0 radical (unpaired) electrons. The van der Waals surface area contributed by atoms with E-state index < -0.39 is 0 Å². The fourth-order valence-electron chi connectivity index (χ4n) is 3.19. The number of rotatable bonds is 4. The Morgan fingerprint density at radius 2 is 1.79 bits per heavy atom. The van der Waals surface area contributed by atoms with Gasteiger partial charge in [0.15, 0.2) is 6.54 Å². The third-order valence-electron chi connectivity index (χ3n) is 4.67. The Labute approximate surface area is 144 Å². The largest absolute Gasteiger partial charge is 0.360 e. The maximum atomic E-state index is 12.4. The van der Waals surface area contributed by atoms with Crippen molar-refractivity contribution in [2.75, 3.05) is 42.9 Å². The molecule has 1 heterocycles. The van der Waals surface area contributed by atoms with E-state index in [0.717, 1.165) is 37.4 Å². The third kappa shape index (κ3) is 4.15. The molecule has 3 rings (SSSR count). The zero-order valence-electron chi connectivity index (χ0n) is 14.5. The second kappa shape index (κ2) is 7.49. The maximum Gasteiger partial charge on any atom is 0.279 e. The standard InChI is InChI=1S/C20H25N3O/c1-16-8-9-17(2)19(14-16)21-20(24)15-22-10-12-23(13-11-22)18-6-4-3-5-7-18/h3-9,14H,10-13,15H2,1-2H3,(H,21,24)/p+1. The van der Waals surface area contributed by atoms with E-state index in [1.54, 1.807) is 0 Å². The predicted molar refractivity (Wildman–Crippen MR) is 98.8 cm³/mol. The number of benzene rings is 2. The van der Waals surface area contributed by atoms with E-state index in [4.69, 9.17) is 0 Å². The minimum absolute atomic E-state index is 0.104. The van der Waals surface area contributed by atoms with Gasteiger partial charge in [0.05, 0.1) is 26.2 Å². The molecule has 2 aromatic rings. The quantitative estimate of drug-likeness (QED) is 0.897. The molecule has 4 heteroatoms. The third-order valence-corrected chi connectivity index (χ3v) is 4.67. The van der Waals surface area contributed by atoms with Crippen molar-refractivity contribution in [3.05, 3.63) is 59.7 Å². The molecule has 0 unspecified atom stereocenters. The number of quaternary nitrogens is 1. The smallest absolute Gasteiger partial charge is 0.279 e. The summed E-state index contributed by atoms with van der Waals surface area (Å²) in [5.41, 5.74) is 4.48. The van der Waals surface area contributed by atoms with E-state index >= 15 is 0 Å². The highest BCUT2D eigenvalue weighted by Crippen LogP contribution is 2.16. The zero-order chi connectivity index (χ0) is 16.9. The van der Waals surface area contributed by atoms with E-state index in [2.05, 4.69) is 46.6 Å². The van der Waals surface area contributed by atoms with Crippen LogP contribution in [0.4, 0.5) is 11.4 Å². The van der Waals surface area contributed by atoms with Crippen LogP contribution in [0, 0.1) is 13.8 Å². The molecular formula is C20H26N3O+. The van der Waals surface area contributed by atoms with Crippen molar-refractivity contribution < 1.29 is 9.69 Å². The molecule has 2 aromatic carbocycles. The minimum atomic E-state index is 0.104. The van der Waals surface area contributed by atoms with Gasteiger partial charge in [-0.15, -0.1) is 0 Å². The Balaban J connectivity index is 1.51. The average Bonchev–Trinajstić information content (AvgIpc) is 2.59. The van der Waals surface area contributed by atoms with Crippen LogP contribution in [0.5, 0.6) is 0 Å². The van der Waals surface area contributed by atoms with Gasteiger partial charge < -0.3 is 15.1 Å². The highest BCUT2D eigenvalue weighted by molar-refractivity contribution is 5.92. The fourth-order valence-corrected chi connectivity index (χ4v) is 3.19. The van der Waals surface area contributed by atoms with Crippen molar-refractivity contribution >= 4 is 17.3 Å². The van der Waals surface area contributed by atoms with Crippen LogP contribution < -0.4 is 15.1 Å². The molecule has 2 N–H and O–H groups in total. The number of carbonyl (C=O) groups is 1. The Kier molecular flexibility index (Phi) is 5.16.